The summed E-state index contributed by atoms with van der Waals surface area (Å²) in [6, 6.07) is 7.21. The zero-order valence-electron chi connectivity index (χ0n) is 32.0. The summed E-state index contributed by atoms with van der Waals surface area (Å²) >= 11 is 0. The van der Waals surface area contributed by atoms with E-state index in [-0.39, 0.29) is 37.0 Å². The predicted octanol–water partition coefficient (Wildman–Crippen LogP) is 2.45. The molecule has 1 saturated heterocycles. The average molecular weight is 768 g/mol. The molecule has 0 aromatic heterocycles. The number of Topliss-reactive ketones (excluding diaryl/α,β-unsaturated/α-hetero) is 1. The number of nitrogens with one attached hydrogen (secondary N) is 1. The van der Waals surface area contributed by atoms with Crippen LogP contribution in [0.5, 0.6) is 0 Å². The lowest BCUT2D eigenvalue weighted by molar-refractivity contribution is -0.347. The molecule has 5 N–H and O–H groups in total. The normalized spacial score (nSPS) is 40.5. The van der Waals surface area contributed by atoms with Crippen LogP contribution in [0.2, 0.25) is 0 Å². The first kappa shape index (κ1) is 40.7. The molecule has 0 spiro atoms. The van der Waals surface area contributed by atoms with E-state index in [0.29, 0.717) is 31.2 Å². The van der Waals surface area contributed by atoms with Crippen LogP contribution >= 0.6 is 0 Å². The number of carbonyl (C=O) groups excluding carboxylic acids is 5. The van der Waals surface area contributed by atoms with Crippen LogP contribution in [0.15, 0.2) is 53.6 Å². The second kappa shape index (κ2) is 15.2. The topological polar surface area (TPSA) is 215 Å². The van der Waals surface area contributed by atoms with E-state index in [0.717, 1.165) is 0 Å². The Balaban J connectivity index is 1.53. The molecule has 1 aromatic rings. The molecule has 1 aromatic carbocycles. The fourth-order valence-electron chi connectivity index (χ4n) is 9.79. The van der Waals surface area contributed by atoms with Crippen molar-refractivity contribution < 1.29 is 63.3 Å². The highest BCUT2D eigenvalue weighted by atomic mass is 16.6. The predicted molar refractivity (Wildman–Crippen MR) is 193 cm³/mol. The number of fused-ring (bicyclic) bond motifs is 6. The number of carbonyl (C=O) groups is 5. The Morgan fingerprint density at radius 3 is 2.22 bits per heavy atom. The summed E-state index contributed by atoms with van der Waals surface area (Å²) in [4.78, 5) is 68.6. The van der Waals surface area contributed by atoms with Gasteiger partial charge in [0.25, 0.3) is 0 Å². The summed E-state index contributed by atoms with van der Waals surface area (Å²) in [6.45, 7) is 7.04. The molecule has 0 unspecified atom stereocenters. The van der Waals surface area contributed by atoms with Crippen molar-refractivity contribution in [2.24, 2.45) is 16.7 Å². The van der Waals surface area contributed by atoms with Gasteiger partial charge in [-0.15, -0.1) is 0 Å². The molecule has 2 saturated carbocycles. The highest BCUT2D eigenvalue weighted by Crippen LogP contribution is 2.64. The molecule has 2 aliphatic heterocycles. The van der Waals surface area contributed by atoms with Crippen LogP contribution < -0.4 is 5.32 Å². The van der Waals surface area contributed by atoms with Crippen molar-refractivity contribution in [3.8, 4) is 0 Å². The smallest absolute Gasteiger partial charge is 0.338 e. The van der Waals surface area contributed by atoms with E-state index in [1.54, 1.807) is 44.2 Å². The number of rotatable bonds is 2. The minimum atomic E-state index is -2.26. The number of hydrogen-bond donors (Lipinski definition) is 5. The van der Waals surface area contributed by atoms with E-state index in [1.165, 1.54) is 20.8 Å². The molecule has 2 heterocycles. The lowest BCUT2D eigenvalue weighted by Gasteiger charge is -2.67. The molecule has 0 radical (unpaired) electrons. The first-order valence-corrected chi connectivity index (χ1v) is 19.1. The Morgan fingerprint density at radius 1 is 0.945 bits per heavy atom. The molecule has 14 heteroatoms. The van der Waals surface area contributed by atoms with Gasteiger partial charge in [0.1, 0.15) is 30.0 Å². The summed E-state index contributed by atoms with van der Waals surface area (Å²) in [5, 5.41) is 51.5. The number of ketones is 1. The van der Waals surface area contributed by atoms with Crippen molar-refractivity contribution in [2.75, 3.05) is 6.61 Å². The number of allylic oxidation sites excluding steroid dienone is 2. The standard InChI is InChI=1S/C41H53NO13/c1-22-25-20-41(51)36(34-39(5,35(49)32(47)30(22)38(41,3)4)26(44)19-27-40(34,21-52-27)55-23(2)43)54-29(46)18-14-9-7-6-8-13-17-28(45)42-31(33(48)37(50)53-25)24-15-11-10-12-16-24/h6-7,10-12,15-16,25-27,31-34,36,44,47-48,51H,8-9,13-14,17-21H2,1-5H3,(H,42,45)/b7-6-/t25-,26-,27+,31-,32+,33+,34-,36-,39+,40-,41+/m0/s1. The largest absolute Gasteiger partial charge is 0.459 e. The third kappa shape index (κ3) is 6.83. The summed E-state index contributed by atoms with van der Waals surface area (Å²) < 4.78 is 24.1. The highest BCUT2D eigenvalue weighted by Gasteiger charge is 2.78. The summed E-state index contributed by atoms with van der Waals surface area (Å²) in [7, 11) is 0. The van der Waals surface area contributed by atoms with Crippen LogP contribution in [0.25, 0.3) is 0 Å². The van der Waals surface area contributed by atoms with E-state index in [2.05, 4.69) is 5.32 Å². The molecule has 5 aliphatic rings. The quantitative estimate of drug-likeness (QED) is 0.166. The molecule has 11 atom stereocenters. The lowest BCUT2D eigenvalue weighted by Crippen LogP contribution is -2.81. The molecule has 1 amide bonds. The van der Waals surface area contributed by atoms with Crippen LogP contribution in [0.4, 0.5) is 0 Å². The van der Waals surface area contributed by atoms with E-state index in [9.17, 15) is 44.4 Å². The van der Waals surface area contributed by atoms with E-state index < -0.39 is 107 Å². The summed E-state index contributed by atoms with van der Waals surface area (Å²) in [5.74, 6) is -5.35. The fourth-order valence-corrected chi connectivity index (χ4v) is 9.79. The maximum absolute atomic E-state index is 14.9. The maximum Gasteiger partial charge on any atom is 0.338 e. The zero-order valence-corrected chi connectivity index (χ0v) is 32.0. The van der Waals surface area contributed by atoms with Crippen LogP contribution in [0, 0.1) is 16.7 Å². The van der Waals surface area contributed by atoms with Crippen LogP contribution in [-0.2, 0) is 42.9 Å². The molecule has 3 bridgehead atoms. The summed E-state index contributed by atoms with van der Waals surface area (Å²) in [6.07, 6.45) is -4.34. The lowest BCUT2D eigenvalue weighted by atomic mass is 9.44. The minimum absolute atomic E-state index is 0.0137. The van der Waals surface area contributed by atoms with Crippen molar-refractivity contribution >= 4 is 29.6 Å². The Bertz CT molecular complexity index is 1760. The fraction of sp³-hybridized carbons (Fsp3) is 0.634. The van der Waals surface area contributed by atoms with Gasteiger partial charge in [0.15, 0.2) is 17.5 Å². The van der Waals surface area contributed by atoms with Gasteiger partial charge in [-0.3, -0.25) is 19.2 Å². The molecular weight excluding hydrogens is 714 g/mol. The number of esters is 3. The Morgan fingerprint density at radius 2 is 1.60 bits per heavy atom. The number of aliphatic hydroxyl groups is 4. The number of aliphatic hydroxyl groups excluding tert-OH is 3. The number of benzene rings is 1. The van der Waals surface area contributed by atoms with Crippen molar-refractivity contribution in [3.05, 3.63) is 59.2 Å². The SMILES string of the molecule is CC(=O)O[C@@]12CO[C@@H]1C[C@H](O)[C@@]1(C)C(=O)[C@H](O)C3=C(C)[C@@H]4C[C@@](O)([C@@H](OC(=O)CCC/C=C\CCCC(=O)N[C@@H](c5ccccc5)[C@@H](O)C(=O)O4)[C@H]21)C3(C)C. The Labute approximate surface area is 320 Å². The number of hydrogen-bond acceptors (Lipinski definition) is 13. The van der Waals surface area contributed by atoms with Gasteiger partial charge in [-0.05, 0) is 56.2 Å². The molecule has 6 rings (SSSR count). The van der Waals surface area contributed by atoms with Crippen molar-refractivity contribution in [3.63, 3.8) is 0 Å². The maximum atomic E-state index is 14.9. The van der Waals surface area contributed by atoms with Crippen molar-refractivity contribution in [1.82, 2.24) is 5.32 Å². The van der Waals surface area contributed by atoms with Crippen molar-refractivity contribution in [2.45, 2.75) is 140 Å². The molecule has 300 valence electrons. The van der Waals surface area contributed by atoms with Gasteiger partial charge in [0.05, 0.1) is 30.1 Å². The number of amides is 1. The first-order valence-electron chi connectivity index (χ1n) is 19.1. The van der Waals surface area contributed by atoms with Gasteiger partial charge in [-0.1, -0.05) is 56.3 Å². The monoisotopic (exact) mass is 767 g/mol. The third-order valence-electron chi connectivity index (χ3n) is 12.9. The highest BCUT2D eigenvalue weighted by molar-refractivity contribution is 5.93. The van der Waals surface area contributed by atoms with E-state index in [1.807, 2.05) is 12.2 Å². The van der Waals surface area contributed by atoms with Gasteiger partial charge < -0.3 is 44.7 Å². The molecule has 55 heavy (non-hydrogen) atoms. The average Bonchev–Trinajstić information content (AvgIpc) is 3.12. The minimum Gasteiger partial charge on any atom is -0.459 e. The van der Waals surface area contributed by atoms with Crippen LogP contribution in [0.3, 0.4) is 0 Å². The van der Waals surface area contributed by atoms with Gasteiger partial charge in [0, 0.05) is 38.0 Å². The van der Waals surface area contributed by atoms with E-state index in [4.69, 9.17) is 18.9 Å². The number of ether oxygens (including phenoxy) is 4. The molecule has 3 aliphatic carbocycles. The van der Waals surface area contributed by atoms with Crippen molar-refractivity contribution in [1.29, 1.82) is 0 Å². The second-order valence-electron chi connectivity index (χ2n) is 16.5. The van der Waals surface area contributed by atoms with Crippen LogP contribution in [0.1, 0.15) is 97.6 Å². The van der Waals surface area contributed by atoms with Gasteiger partial charge >= 0.3 is 17.9 Å². The summed E-state index contributed by atoms with van der Waals surface area (Å²) in [5.41, 5.74) is -6.82. The third-order valence-corrected chi connectivity index (χ3v) is 12.9. The molecule has 14 nitrogen and oxygen atoms in total. The Kier molecular flexibility index (Phi) is 11.2. The van der Waals surface area contributed by atoms with Gasteiger partial charge in [-0.2, -0.15) is 0 Å². The zero-order chi connectivity index (χ0) is 40.1. The molecule has 3 fully saturated rings. The second-order valence-corrected chi connectivity index (χ2v) is 16.5. The van der Waals surface area contributed by atoms with Gasteiger partial charge in [-0.25, -0.2) is 4.79 Å². The molecular formula is C41H53NO13. The first-order chi connectivity index (χ1) is 25.9. The van der Waals surface area contributed by atoms with Gasteiger partial charge in [0.2, 0.25) is 5.91 Å². The van der Waals surface area contributed by atoms with Crippen LogP contribution in [-0.4, -0.2) is 104 Å². The Hall–Kier alpha value is -3.95. The van der Waals surface area contributed by atoms with E-state index >= 15 is 0 Å².